The molecule has 1 saturated heterocycles. The third-order valence-electron chi connectivity index (χ3n) is 3.13. The van der Waals surface area contributed by atoms with Gasteiger partial charge < -0.3 is 23.7 Å². The van der Waals surface area contributed by atoms with E-state index in [1.165, 1.54) is 13.8 Å². The largest absolute Gasteiger partial charge is 0.491 e. The molecule has 2 heterocycles. The second-order valence-corrected chi connectivity index (χ2v) is 5.66. The molecule has 8 nitrogen and oxygen atoms in total. The number of halogens is 6. The molecule has 2 aliphatic rings. The van der Waals surface area contributed by atoms with Gasteiger partial charge in [0, 0.05) is 0 Å². The highest BCUT2D eigenvalue weighted by Gasteiger charge is 2.53. The Morgan fingerprint density at radius 1 is 1.04 bits per heavy atom. The summed E-state index contributed by atoms with van der Waals surface area (Å²) >= 11 is 0. The number of carbonyl (C=O) groups is 3. The first-order valence-electron chi connectivity index (χ1n) is 6.97. The number of alkyl halides is 6. The predicted molar refractivity (Wildman–Crippen MR) is 66.1 cm³/mol. The van der Waals surface area contributed by atoms with Gasteiger partial charge in [0.15, 0.2) is 11.9 Å². The van der Waals surface area contributed by atoms with Crippen molar-refractivity contribution < 1.29 is 64.4 Å². The first kappa shape index (κ1) is 21.0. The Bertz CT molecular complexity index is 692. The third-order valence-corrected chi connectivity index (χ3v) is 3.13. The molecule has 0 aromatic rings. The summed E-state index contributed by atoms with van der Waals surface area (Å²) in [6.07, 6.45) is -14.4. The van der Waals surface area contributed by atoms with E-state index in [-0.39, 0.29) is 6.61 Å². The Kier molecular flexibility index (Phi) is 5.18. The molecule has 14 heteroatoms. The van der Waals surface area contributed by atoms with Crippen LogP contribution in [0.2, 0.25) is 0 Å². The molecular formula is C13H10F6O8. The third kappa shape index (κ3) is 4.68. The minimum atomic E-state index is -5.58. The van der Waals surface area contributed by atoms with Crippen LogP contribution in [0.3, 0.4) is 0 Å². The average Bonchev–Trinajstić information content (AvgIpc) is 2.98. The maximum absolute atomic E-state index is 12.4. The summed E-state index contributed by atoms with van der Waals surface area (Å²) in [7, 11) is 0. The topological polar surface area (TPSA) is 97.4 Å². The van der Waals surface area contributed by atoms with E-state index in [9.17, 15) is 40.7 Å². The fourth-order valence-corrected chi connectivity index (χ4v) is 2.07. The number of hydrogen-bond acceptors (Lipinski definition) is 8. The highest BCUT2D eigenvalue weighted by Crippen LogP contribution is 2.36. The fourth-order valence-electron chi connectivity index (χ4n) is 2.07. The molecule has 0 saturated carbocycles. The molecule has 0 bridgehead atoms. The van der Waals surface area contributed by atoms with Gasteiger partial charge >= 0.3 is 30.3 Å². The fraction of sp³-hybridized carbons (Fsp3) is 0.615. The Morgan fingerprint density at radius 2 is 1.56 bits per heavy atom. The molecule has 0 aromatic carbocycles. The molecule has 0 radical (unpaired) electrons. The molecule has 2 aliphatic heterocycles. The second-order valence-electron chi connectivity index (χ2n) is 5.66. The summed E-state index contributed by atoms with van der Waals surface area (Å²) in [6, 6.07) is 0. The highest BCUT2D eigenvalue weighted by atomic mass is 19.4. The number of ether oxygens (including phenoxy) is 5. The molecule has 0 N–H and O–H groups in total. The van der Waals surface area contributed by atoms with Crippen molar-refractivity contribution in [3.05, 3.63) is 11.5 Å². The van der Waals surface area contributed by atoms with Gasteiger partial charge in [-0.25, -0.2) is 14.4 Å². The van der Waals surface area contributed by atoms with Crippen molar-refractivity contribution in [1.29, 1.82) is 0 Å². The lowest BCUT2D eigenvalue weighted by Gasteiger charge is -2.21. The van der Waals surface area contributed by atoms with Gasteiger partial charge in [0.05, 0.1) is 6.61 Å². The average molecular weight is 408 g/mol. The molecule has 27 heavy (non-hydrogen) atoms. The molecule has 0 spiro atoms. The van der Waals surface area contributed by atoms with Crippen molar-refractivity contribution in [2.24, 2.45) is 0 Å². The summed E-state index contributed by atoms with van der Waals surface area (Å²) in [5.41, 5.74) is 0. The van der Waals surface area contributed by atoms with E-state index in [2.05, 4.69) is 14.2 Å². The summed E-state index contributed by atoms with van der Waals surface area (Å²) in [6.45, 7) is 2.40. The van der Waals surface area contributed by atoms with Crippen molar-refractivity contribution >= 4 is 17.9 Å². The minimum Gasteiger partial charge on any atom is -0.445 e. The normalized spacial score (nSPS) is 25.4. The van der Waals surface area contributed by atoms with Crippen LogP contribution in [0, 0.1) is 0 Å². The van der Waals surface area contributed by atoms with E-state index in [1.807, 2.05) is 0 Å². The summed E-state index contributed by atoms with van der Waals surface area (Å²) in [5, 5.41) is 0. The Labute approximate surface area is 145 Å². The monoisotopic (exact) mass is 408 g/mol. The highest BCUT2D eigenvalue weighted by molar-refractivity contribution is 5.94. The Morgan fingerprint density at radius 3 is 2.00 bits per heavy atom. The van der Waals surface area contributed by atoms with E-state index in [0.717, 1.165) is 0 Å². The first-order valence-corrected chi connectivity index (χ1v) is 6.97. The van der Waals surface area contributed by atoms with Gasteiger partial charge in [-0.05, 0) is 13.8 Å². The molecule has 1 fully saturated rings. The van der Waals surface area contributed by atoms with Crippen LogP contribution >= 0.6 is 0 Å². The van der Waals surface area contributed by atoms with Crippen LogP contribution < -0.4 is 0 Å². The number of rotatable bonds is 3. The van der Waals surface area contributed by atoms with Crippen LogP contribution in [-0.2, 0) is 38.1 Å². The van der Waals surface area contributed by atoms with E-state index >= 15 is 0 Å². The first-order chi connectivity index (χ1) is 12.1. The molecule has 0 aliphatic carbocycles. The zero-order chi connectivity index (χ0) is 20.8. The SMILES string of the molecule is CC1(C)OCC(C2OC(=O)C(OC(=O)C(F)(F)F)=C2OC(=O)C(F)(F)F)O1. The van der Waals surface area contributed by atoms with Crippen molar-refractivity contribution in [1.82, 2.24) is 0 Å². The zero-order valence-electron chi connectivity index (χ0n) is 13.4. The van der Waals surface area contributed by atoms with Gasteiger partial charge in [0.25, 0.3) is 5.76 Å². The minimum absolute atomic E-state index is 0.376. The summed E-state index contributed by atoms with van der Waals surface area (Å²) in [5.74, 6) is -11.9. The van der Waals surface area contributed by atoms with Crippen LogP contribution in [0.25, 0.3) is 0 Å². The van der Waals surface area contributed by atoms with Gasteiger partial charge in [-0.1, -0.05) is 0 Å². The number of carbonyl (C=O) groups excluding carboxylic acids is 3. The molecule has 0 amide bonds. The van der Waals surface area contributed by atoms with Gasteiger partial charge in [-0.2, -0.15) is 26.3 Å². The maximum atomic E-state index is 12.4. The molecular weight excluding hydrogens is 398 g/mol. The number of cyclic esters (lactones) is 1. The van der Waals surface area contributed by atoms with E-state index in [0.29, 0.717) is 0 Å². The van der Waals surface area contributed by atoms with E-state index in [4.69, 9.17) is 9.47 Å². The lowest BCUT2D eigenvalue weighted by molar-refractivity contribution is -0.199. The lowest BCUT2D eigenvalue weighted by atomic mass is 10.2. The van der Waals surface area contributed by atoms with Crippen LogP contribution in [0.5, 0.6) is 0 Å². The Balaban J connectivity index is 2.38. The smallest absolute Gasteiger partial charge is 0.445 e. The summed E-state index contributed by atoms with van der Waals surface area (Å²) < 4.78 is 96.9. The van der Waals surface area contributed by atoms with E-state index in [1.54, 1.807) is 0 Å². The van der Waals surface area contributed by atoms with Crippen LogP contribution in [0.4, 0.5) is 26.3 Å². The molecule has 2 unspecified atom stereocenters. The summed E-state index contributed by atoms with van der Waals surface area (Å²) in [4.78, 5) is 33.7. The van der Waals surface area contributed by atoms with Crippen molar-refractivity contribution in [3.63, 3.8) is 0 Å². The van der Waals surface area contributed by atoms with Crippen LogP contribution in [0.15, 0.2) is 11.5 Å². The van der Waals surface area contributed by atoms with Crippen LogP contribution in [0.1, 0.15) is 13.8 Å². The van der Waals surface area contributed by atoms with Crippen molar-refractivity contribution in [3.8, 4) is 0 Å². The number of hydrogen-bond donors (Lipinski definition) is 0. The van der Waals surface area contributed by atoms with Crippen LogP contribution in [-0.4, -0.2) is 54.9 Å². The van der Waals surface area contributed by atoms with Crippen molar-refractivity contribution in [2.45, 2.75) is 44.2 Å². The molecule has 2 rings (SSSR count). The molecule has 2 atom stereocenters. The second kappa shape index (κ2) is 6.67. The molecule has 0 aromatic heterocycles. The van der Waals surface area contributed by atoms with Gasteiger partial charge in [0.2, 0.25) is 5.76 Å². The quantitative estimate of drug-likeness (QED) is 0.394. The van der Waals surface area contributed by atoms with Gasteiger partial charge in [-0.3, -0.25) is 0 Å². The van der Waals surface area contributed by atoms with E-state index < -0.39 is 59.8 Å². The standard InChI is InChI=1S/C13H10F6O8/c1-11(2)23-3-4(27-11)5-6(25-9(21)12(14,15)16)7(8(20)24-5)26-10(22)13(17,18)19/h4-5H,3H2,1-2H3. The zero-order valence-corrected chi connectivity index (χ0v) is 13.4. The van der Waals surface area contributed by atoms with Gasteiger partial charge in [-0.15, -0.1) is 0 Å². The number of esters is 3. The van der Waals surface area contributed by atoms with Gasteiger partial charge in [0.1, 0.15) is 6.10 Å². The lowest BCUT2D eigenvalue weighted by Crippen LogP contribution is -2.35. The van der Waals surface area contributed by atoms with Crippen molar-refractivity contribution in [2.75, 3.05) is 6.61 Å². The predicted octanol–water partition coefficient (Wildman–Crippen LogP) is 1.49. The molecule has 152 valence electrons. The Hall–Kier alpha value is -2.35. The maximum Gasteiger partial charge on any atom is 0.491 e.